The molecule has 2 rings (SSSR count). The van der Waals surface area contributed by atoms with Crippen LogP contribution in [0, 0.1) is 0 Å². The molecule has 0 aliphatic carbocycles. The lowest BCUT2D eigenvalue weighted by molar-refractivity contribution is 0.412. The van der Waals surface area contributed by atoms with E-state index in [0.29, 0.717) is 16.6 Å². The monoisotopic (exact) mass is 437 g/mol. The van der Waals surface area contributed by atoms with Crippen LogP contribution in [0.15, 0.2) is 39.3 Å². The number of ether oxygens (including phenoxy) is 1. The SMILES string of the molecule is COc1ccc(CNc2c(Cl)cc(Br)cc2Cl)cc1Br. The Hall–Kier alpha value is -0.420. The molecule has 2 aromatic carbocycles. The van der Waals surface area contributed by atoms with E-state index in [1.54, 1.807) is 19.2 Å². The van der Waals surface area contributed by atoms with Crippen LogP contribution in [0.1, 0.15) is 5.56 Å². The third-order valence-electron chi connectivity index (χ3n) is 2.69. The molecule has 1 N–H and O–H groups in total. The van der Waals surface area contributed by atoms with Gasteiger partial charge in [0.1, 0.15) is 5.75 Å². The van der Waals surface area contributed by atoms with Crippen molar-refractivity contribution in [3.63, 3.8) is 0 Å². The lowest BCUT2D eigenvalue weighted by Crippen LogP contribution is -2.01. The first-order valence-electron chi connectivity index (χ1n) is 5.72. The van der Waals surface area contributed by atoms with Crippen LogP contribution in [0.4, 0.5) is 5.69 Å². The van der Waals surface area contributed by atoms with E-state index in [0.717, 1.165) is 25.9 Å². The first-order valence-corrected chi connectivity index (χ1v) is 8.06. The molecule has 6 heteroatoms. The number of hydrogen-bond donors (Lipinski definition) is 1. The highest BCUT2D eigenvalue weighted by Crippen LogP contribution is 2.34. The summed E-state index contributed by atoms with van der Waals surface area (Å²) in [6.07, 6.45) is 0. The van der Waals surface area contributed by atoms with Gasteiger partial charge in [0.25, 0.3) is 0 Å². The van der Waals surface area contributed by atoms with E-state index >= 15 is 0 Å². The van der Waals surface area contributed by atoms with E-state index in [1.807, 2.05) is 18.2 Å². The maximum absolute atomic E-state index is 6.17. The summed E-state index contributed by atoms with van der Waals surface area (Å²) in [5.41, 5.74) is 1.82. The molecule has 20 heavy (non-hydrogen) atoms. The molecule has 0 amide bonds. The third-order valence-corrected chi connectivity index (χ3v) is 4.37. The zero-order valence-electron chi connectivity index (χ0n) is 10.5. The van der Waals surface area contributed by atoms with Crippen LogP contribution >= 0.6 is 55.1 Å². The van der Waals surface area contributed by atoms with Gasteiger partial charge in [-0.15, -0.1) is 0 Å². The lowest BCUT2D eigenvalue weighted by Gasteiger charge is -2.12. The number of methoxy groups -OCH3 is 1. The lowest BCUT2D eigenvalue weighted by atomic mass is 10.2. The van der Waals surface area contributed by atoms with Crippen LogP contribution in [-0.2, 0) is 6.54 Å². The Morgan fingerprint density at radius 1 is 1.10 bits per heavy atom. The number of nitrogens with one attached hydrogen (secondary N) is 1. The van der Waals surface area contributed by atoms with E-state index in [9.17, 15) is 0 Å². The number of hydrogen-bond acceptors (Lipinski definition) is 2. The van der Waals surface area contributed by atoms with Gasteiger partial charge in [0.2, 0.25) is 0 Å². The summed E-state index contributed by atoms with van der Waals surface area (Å²) in [6.45, 7) is 0.615. The quantitative estimate of drug-likeness (QED) is 0.617. The maximum atomic E-state index is 6.17. The Bertz CT molecular complexity index is 612. The van der Waals surface area contributed by atoms with Crippen molar-refractivity contribution in [2.75, 3.05) is 12.4 Å². The molecule has 0 unspecified atom stereocenters. The summed E-state index contributed by atoms with van der Waals surface area (Å²) in [4.78, 5) is 0. The summed E-state index contributed by atoms with van der Waals surface area (Å²) in [7, 11) is 1.64. The molecule has 0 radical (unpaired) electrons. The zero-order chi connectivity index (χ0) is 14.7. The molecule has 0 bridgehead atoms. The fourth-order valence-corrected chi connectivity index (χ4v) is 3.65. The van der Waals surface area contributed by atoms with E-state index in [-0.39, 0.29) is 0 Å². The van der Waals surface area contributed by atoms with Crippen molar-refractivity contribution in [1.29, 1.82) is 0 Å². The standard InChI is InChI=1S/C14H11Br2Cl2NO/c1-20-13-3-2-8(4-10(13)16)7-19-14-11(17)5-9(15)6-12(14)18/h2-6,19H,7H2,1H3. The highest BCUT2D eigenvalue weighted by molar-refractivity contribution is 9.10. The molecular weight excluding hydrogens is 429 g/mol. The fraction of sp³-hybridized carbons (Fsp3) is 0.143. The minimum atomic E-state index is 0.581. The van der Waals surface area contributed by atoms with Gasteiger partial charge in [-0.05, 0) is 45.8 Å². The number of halogens is 4. The molecule has 2 nitrogen and oxygen atoms in total. The van der Waals surface area contributed by atoms with Crippen LogP contribution < -0.4 is 10.1 Å². The topological polar surface area (TPSA) is 21.3 Å². The molecule has 0 heterocycles. The average Bonchev–Trinajstić information content (AvgIpc) is 2.37. The maximum Gasteiger partial charge on any atom is 0.133 e. The largest absolute Gasteiger partial charge is 0.496 e. The van der Waals surface area contributed by atoms with Gasteiger partial charge in [0.05, 0.1) is 27.3 Å². The smallest absolute Gasteiger partial charge is 0.133 e. The van der Waals surface area contributed by atoms with Gasteiger partial charge in [0, 0.05) is 11.0 Å². The Morgan fingerprint density at radius 2 is 1.75 bits per heavy atom. The van der Waals surface area contributed by atoms with Crippen LogP contribution in [0.3, 0.4) is 0 Å². The minimum absolute atomic E-state index is 0.581. The van der Waals surface area contributed by atoms with Crippen molar-refractivity contribution in [2.24, 2.45) is 0 Å². The third kappa shape index (κ3) is 3.82. The second-order valence-corrected chi connectivity index (χ2v) is 6.65. The van der Waals surface area contributed by atoms with Gasteiger partial charge >= 0.3 is 0 Å². The fourth-order valence-electron chi connectivity index (χ4n) is 1.72. The summed E-state index contributed by atoms with van der Waals surface area (Å²) in [6, 6.07) is 9.50. The predicted molar refractivity (Wildman–Crippen MR) is 92.2 cm³/mol. The van der Waals surface area contributed by atoms with E-state index in [4.69, 9.17) is 27.9 Å². The van der Waals surface area contributed by atoms with Crippen LogP contribution in [0.2, 0.25) is 10.0 Å². The predicted octanol–water partition coefficient (Wildman–Crippen LogP) is 6.14. The Kier molecular flexibility index (Phi) is 5.61. The van der Waals surface area contributed by atoms with E-state index in [1.165, 1.54) is 0 Å². The van der Waals surface area contributed by atoms with Crippen molar-refractivity contribution >= 4 is 60.7 Å². The second kappa shape index (κ2) is 7.03. The number of rotatable bonds is 4. The van der Waals surface area contributed by atoms with Gasteiger partial charge in [-0.3, -0.25) is 0 Å². The van der Waals surface area contributed by atoms with Gasteiger partial charge in [-0.2, -0.15) is 0 Å². The minimum Gasteiger partial charge on any atom is -0.496 e. The molecule has 0 fully saturated rings. The van der Waals surface area contributed by atoms with Crippen molar-refractivity contribution in [1.82, 2.24) is 0 Å². The molecule has 0 spiro atoms. The highest BCUT2D eigenvalue weighted by atomic mass is 79.9. The molecule has 0 saturated carbocycles. The normalized spacial score (nSPS) is 10.4. The van der Waals surface area contributed by atoms with Gasteiger partial charge in [0.15, 0.2) is 0 Å². The molecule has 0 aliphatic rings. The first-order chi connectivity index (χ1) is 9.51. The molecule has 0 atom stereocenters. The van der Waals surface area contributed by atoms with Crippen molar-refractivity contribution in [3.8, 4) is 5.75 Å². The molecule has 106 valence electrons. The van der Waals surface area contributed by atoms with E-state index < -0.39 is 0 Å². The average molecular weight is 440 g/mol. The van der Waals surface area contributed by atoms with Gasteiger partial charge < -0.3 is 10.1 Å². The van der Waals surface area contributed by atoms with Crippen molar-refractivity contribution < 1.29 is 4.74 Å². The van der Waals surface area contributed by atoms with Crippen LogP contribution in [-0.4, -0.2) is 7.11 Å². The van der Waals surface area contributed by atoms with Crippen LogP contribution in [0.5, 0.6) is 5.75 Å². The summed E-state index contributed by atoms with van der Waals surface area (Å²) < 4.78 is 6.96. The molecule has 0 aliphatic heterocycles. The zero-order valence-corrected chi connectivity index (χ0v) is 15.2. The van der Waals surface area contributed by atoms with Crippen molar-refractivity contribution in [3.05, 3.63) is 54.9 Å². The van der Waals surface area contributed by atoms with E-state index in [2.05, 4.69) is 37.2 Å². The summed E-state index contributed by atoms with van der Waals surface area (Å²) in [5.74, 6) is 0.799. The highest BCUT2D eigenvalue weighted by Gasteiger charge is 2.08. The summed E-state index contributed by atoms with van der Waals surface area (Å²) in [5, 5.41) is 4.40. The molecular formula is C14H11Br2Cl2NO. The number of anilines is 1. The first kappa shape index (κ1) is 16.0. The van der Waals surface area contributed by atoms with Crippen LogP contribution in [0.25, 0.3) is 0 Å². The van der Waals surface area contributed by atoms with Gasteiger partial charge in [-0.25, -0.2) is 0 Å². The second-order valence-electron chi connectivity index (χ2n) is 4.07. The Labute approximate surface area is 144 Å². The van der Waals surface area contributed by atoms with Crippen molar-refractivity contribution in [2.45, 2.75) is 6.54 Å². The molecule has 0 saturated heterocycles. The molecule has 2 aromatic rings. The number of benzene rings is 2. The molecule has 0 aromatic heterocycles. The summed E-state index contributed by atoms with van der Waals surface area (Å²) >= 11 is 19.2. The Morgan fingerprint density at radius 3 is 2.30 bits per heavy atom. The Balaban J connectivity index is 2.15. The van der Waals surface area contributed by atoms with Gasteiger partial charge in [-0.1, -0.05) is 45.2 Å².